The molecule has 1 aromatic heterocycles. The number of esters is 1. The van der Waals surface area contributed by atoms with Crippen molar-refractivity contribution in [2.75, 3.05) is 7.11 Å². The molecule has 0 saturated carbocycles. The predicted octanol–water partition coefficient (Wildman–Crippen LogP) is 3.25. The number of aromatic amines is 1. The van der Waals surface area contributed by atoms with E-state index < -0.39 is 0 Å². The number of imidazole rings is 1. The minimum absolute atomic E-state index is 0.225. The Bertz CT molecular complexity index is 593. The first kappa shape index (κ1) is 13.8. The zero-order chi connectivity index (χ0) is 13.8. The third-order valence-electron chi connectivity index (χ3n) is 2.91. The third kappa shape index (κ3) is 3.44. The number of hydrogen-bond donors (Lipinski definition) is 1. The Balaban J connectivity index is 2.16. The summed E-state index contributed by atoms with van der Waals surface area (Å²) >= 11 is 3.46. The van der Waals surface area contributed by atoms with E-state index in [4.69, 9.17) is 0 Å². The Hall–Kier alpha value is -1.62. The molecule has 0 aliphatic rings. The molecule has 1 aromatic carbocycles. The number of nitrogens with one attached hydrogen (secondary N) is 1. The van der Waals surface area contributed by atoms with Crippen molar-refractivity contribution in [2.24, 2.45) is 0 Å². The summed E-state index contributed by atoms with van der Waals surface area (Å²) in [6, 6.07) is 6.11. The van der Waals surface area contributed by atoms with Crippen LogP contribution in [0.1, 0.15) is 17.8 Å². The summed E-state index contributed by atoms with van der Waals surface area (Å²) in [7, 11) is 1.39. The van der Waals surface area contributed by atoms with Crippen LogP contribution in [-0.4, -0.2) is 23.0 Å². The molecule has 0 spiro atoms. The molecule has 0 aliphatic carbocycles. The topological polar surface area (TPSA) is 55.0 Å². The number of hydrogen-bond acceptors (Lipinski definition) is 3. The summed E-state index contributed by atoms with van der Waals surface area (Å²) in [6.07, 6.45) is 2.68. The van der Waals surface area contributed by atoms with Gasteiger partial charge in [-0.15, -0.1) is 0 Å². The van der Waals surface area contributed by atoms with E-state index >= 15 is 0 Å². The van der Waals surface area contributed by atoms with Gasteiger partial charge in [0.15, 0.2) is 0 Å². The molecule has 19 heavy (non-hydrogen) atoms. The average molecular weight is 323 g/mol. The fourth-order valence-electron chi connectivity index (χ4n) is 1.83. The number of methoxy groups -OCH3 is 1. The highest BCUT2D eigenvalue weighted by Gasteiger charge is 2.08. The predicted molar refractivity (Wildman–Crippen MR) is 76.8 cm³/mol. The summed E-state index contributed by atoms with van der Waals surface area (Å²) in [5.41, 5.74) is 3.23. The highest BCUT2D eigenvalue weighted by molar-refractivity contribution is 9.10. The summed E-state index contributed by atoms with van der Waals surface area (Å²) < 4.78 is 5.64. The normalized spacial score (nSPS) is 10.5. The maximum absolute atomic E-state index is 11.1. The summed E-state index contributed by atoms with van der Waals surface area (Å²) in [5, 5.41) is 0. The monoisotopic (exact) mass is 322 g/mol. The fourth-order valence-corrected chi connectivity index (χ4v) is 2.19. The smallest absolute Gasteiger partial charge is 0.305 e. The quantitative estimate of drug-likeness (QED) is 0.879. The van der Waals surface area contributed by atoms with Crippen LogP contribution in [0.5, 0.6) is 0 Å². The van der Waals surface area contributed by atoms with Crippen LogP contribution < -0.4 is 0 Å². The number of carbonyl (C=O) groups is 1. The van der Waals surface area contributed by atoms with Crippen LogP contribution in [0, 0.1) is 6.92 Å². The van der Waals surface area contributed by atoms with Crippen LogP contribution in [0.15, 0.2) is 28.9 Å². The lowest BCUT2D eigenvalue weighted by molar-refractivity contribution is -0.140. The number of rotatable bonds is 4. The van der Waals surface area contributed by atoms with E-state index in [1.165, 1.54) is 12.7 Å². The van der Waals surface area contributed by atoms with Crippen LogP contribution >= 0.6 is 15.9 Å². The van der Waals surface area contributed by atoms with Crippen molar-refractivity contribution in [3.8, 4) is 11.3 Å². The van der Waals surface area contributed by atoms with Crippen LogP contribution in [-0.2, 0) is 16.0 Å². The first-order chi connectivity index (χ1) is 9.10. The van der Waals surface area contributed by atoms with Gasteiger partial charge in [-0.2, -0.15) is 0 Å². The van der Waals surface area contributed by atoms with Crippen LogP contribution in [0.25, 0.3) is 11.3 Å². The largest absolute Gasteiger partial charge is 0.469 e. The molecule has 0 fully saturated rings. The van der Waals surface area contributed by atoms with Crippen molar-refractivity contribution in [1.29, 1.82) is 0 Å². The highest BCUT2D eigenvalue weighted by atomic mass is 79.9. The molecule has 2 aromatic rings. The van der Waals surface area contributed by atoms with Crippen molar-refractivity contribution in [2.45, 2.75) is 19.8 Å². The minimum atomic E-state index is -0.225. The first-order valence-corrected chi connectivity index (χ1v) is 6.76. The van der Waals surface area contributed by atoms with Crippen molar-refractivity contribution in [1.82, 2.24) is 9.97 Å². The molecule has 0 atom stereocenters. The molecule has 100 valence electrons. The van der Waals surface area contributed by atoms with E-state index in [1.807, 2.05) is 18.2 Å². The molecule has 4 nitrogen and oxygen atoms in total. The first-order valence-electron chi connectivity index (χ1n) is 5.97. The Morgan fingerprint density at radius 1 is 1.47 bits per heavy atom. The van der Waals surface area contributed by atoms with E-state index in [9.17, 15) is 4.79 Å². The SMILES string of the molecule is COC(=O)CCc1ncc(-c2cc(Br)ccc2C)[nH]1. The lowest BCUT2D eigenvalue weighted by atomic mass is 10.1. The van der Waals surface area contributed by atoms with E-state index in [1.54, 1.807) is 6.20 Å². The number of ether oxygens (including phenoxy) is 1. The lowest BCUT2D eigenvalue weighted by Crippen LogP contribution is -2.02. The number of aryl methyl sites for hydroxylation is 2. The Morgan fingerprint density at radius 3 is 3.00 bits per heavy atom. The van der Waals surface area contributed by atoms with Gasteiger partial charge in [0.1, 0.15) is 5.82 Å². The molecule has 0 bridgehead atoms. The Labute approximate surface area is 120 Å². The molecule has 0 aliphatic heterocycles. The summed E-state index contributed by atoms with van der Waals surface area (Å²) in [4.78, 5) is 18.6. The van der Waals surface area contributed by atoms with Gasteiger partial charge in [0.2, 0.25) is 0 Å². The molecule has 1 N–H and O–H groups in total. The van der Waals surface area contributed by atoms with E-state index in [2.05, 4.69) is 37.6 Å². The van der Waals surface area contributed by atoms with Crippen molar-refractivity contribution < 1.29 is 9.53 Å². The second kappa shape index (κ2) is 6.02. The molecular weight excluding hydrogens is 308 g/mol. The number of halogens is 1. The van der Waals surface area contributed by atoms with E-state index in [0.717, 1.165) is 21.6 Å². The molecule has 0 unspecified atom stereocenters. The fraction of sp³-hybridized carbons (Fsp3) is 0.286. The van der Waals surface area contributed by atoms with Crippen LogP contribution in [0.3, 0.4) is 0 Å². The number of H-pyrrole nitrogens is 1. The second-order valence-corrected chi connectivity index (χ2v) is 5.19. The van der Waals surface area contributed by atoms with Gasteiger partial charge in [0.05, 0.1) is 25.4 Å². The van der Waals surface area contributed by atoms with Gasteiger partial charge >= 0.3 is 5.97 Å². The number of benzene rings is 1. The van der Waals surface area contributed by atoms with E-state index in [-0.39, 0.29) is 5.97 Å². The van der Waals surface area contributed by atoms with Gasteiger partial charge in [-0.05, 0) is 24.6 Å². The molecule has 0 saturated heterocycles. The maximum atomic E-state index is 11.1. The Kier molecular flexibility index (Phi) is 4.37. The summed E-state index contributed by atoms with van der Waals surface area (Å²) in [5.74, 6) is 0.566. The lowest BCUT2D eigenvalue weighted by Gasteiger charge is -2.03. The molecule has 0 radical (unpaired) electrons. The third-order valence-corrected chi connectivity index (χ3v) is 3.41. The van der Waals surface area contributed by atoms with Gasteiger partial charge in [-0.1, -0.05) is 22.0 Å². The second-order valence-electron chi connectivity index (χ2n) is 4.28. The van der Waals surface area contributed by atoms with Crippen molar-refractivity contribution in [3.63, 3.8) is 0 Å². The van der Waals surface area contributed by atoms with Crippen LogP contribution in [0.4, 0.5) is 0 Å². The van der Waals surface area contributed by atoms with Crippen molar-refractivity contribution in [3.05, 3.63) is 40.3 Å². The maximum Gasteiger partial charge on any atom is 0.305 e. The molecular formula is C14H15BrN2O2. The van der Waals surface area contributed by atoms with Gasteiger partial charge in [-0.25, -0.2) is 4.98 Å². The number of carbonyl (C=O) groups excluding carboxylic acids is 1. The average Bonchev–Trinajstić information content (AvgIpc) is 2.87. The number of aromatic nitrogens is 2. The minimum Gasteiger partial charge on any atom is -0.469 e. The van der Waals surface area contributed by atoms with Crippen LogP contribution in [0.2, 0.25) is 0 Å². The zero-order valence-electron chi connectivity index (χ0n) is 10.9. The van der Waals surface area contributed by atoms with Crippen molar-refractivity contribution >= 4 is 21.9 Å². The standard InChI is InChI=1S/C14H15BrN2O2/c1-9-3-4-10(15)7-11(9)12-8-16-13(17-12)5-6-14(18)19-2/h3-4,7-8H,5-6H2,1-2H3,(H,16,17). The van der Waals surface area contributed by atoms with Gasteiger partial charge in [0, 0.05) is 16.5 Å². The molecule has 1 heterocycles. The highest BCUT2D eigenvalue weighted by Crippen LogP contribution is 2.25. The van der Waals surface area contributed by atoms with Gasteiger partial charge in [0.25, 0.3) is 0 Å². The number of nitrogens with zero attached hydrogens (tertiary/aromatic N) is 1. The Morgan fingerprint density at radius 2 is 2.26 bits per heavy atom. The van der Waals surface area contributed by atoms with Gasteiger partial charge in [-0.3, -0.25) is 4.79 Å². The molecule has 0 amide bonds. The molecule has 5 heteroatoms. The van der Waals surface area contributed by atoms with E-state index in [0.29, 0.717) is 12.8 Å². The summed E-state index contributed by atoms with van der Waals surface area (Å²) in [6.45, 7) is 2.05. The molecule has 2 rings (SSSR count). The van der Waals surface area contributed by atoms with Gasteiger partial charge < -0.3 is 9.72 Å². The zero-order valence-corrected chi connectivity index (χ0v) is 12.5.